The number of carbonyl (C=O) groups is 3. The third-order valence-electron chi connectivity index (χ3n) is 4.01. The van der Waals surface area contributed by atoms with Crippen LogP contribution in [0.3, 0.4) is 0 Å². The van der Waals surface area contributed by atoms with E-state index in [2.05, 4.69) is 15.8 Å². The van der Waals surface area contributed by atoms with Gasteiger partial charge in [0.15, 0.2) is 5.78 Å². The van der Waals surface area contributed by atoms with Gasteiger partial charge in [-0.05, 0) is 37.3 Å². The van der Waals surface area contributed by atoms with Gasteiger partial charge in [-0.1, -0.05) is 30.3 Å². The number of nitrogens with zero attached hydrogens (tertiary/aromatic N) is 1. The lowest BCUT2D eigenvalue weighted by molar-refractivity contribution is -0.114. The van der Waals surface area contributed by atoms with Gasteiger partial charge in [0, 0.05) is 29.3 Å². The molecule has 7 nitrogen and oxygen atoms in total. The minimum absolute atomic E-state index is 0.00201. The number of hydrogen-bond donors (Lipinski definition) is 2. The number of furan rings is 1. The largest absolute Gasteiger partial charge is 0.455 e. The van der Waals surface area contributed by atoms with E-state index in [0.717, 1.165) is 5.56 Å². The Labute approximate surface area is 167 Å². The van der Waals surface area contributed by atoms with Gasteiger partial charge < -0.3 is 9.73 Å². The van der Waals surface area contributed by atoms with E-state index in [1.54, 1.807) is 60.7 Å². The first kappa shape index (κ1) is 19.8. The van der Waals surface area contributed by atoms with Crippen LogP contribution in [-0.4, -0.2) is 23.8 Å². The van der Waals surface area contributed by atoms with E-state index in [0.29, 0.717) is 28.3 Å². The van der Waals surface area contributed by atoms with E-state index in [1.807, 2.05) is 0 Å². The van der Waals surface area contributed by atoms with Crippen LogP contribution < -0.4 is 10.7 Å². The number of ketones is 1. The molecule has 0 aliphatic rings. The van der Waals surface area contributed by atoms with Crippen molar-refractivity contribution in [3.05, 3.63) is 77.6 Å². The first-order chi connectivity index (χ1) is 13.9. The normalized spacial score (nSPS) is 10.7. The number of hydrazone groups is 1. The lowest BCUT2D eigenvalue weighted by atomic mass is 10.1. The monoisotopic (exact) mass is 389 g/mol. The van der Waals surface area contributed by atoms with Gasteiger partial charge in [0.1, 0.15) is 11.5 Å². The van der Waals surface area contributed by atoms with Crippen LogP contribution in [0.25, 0.3) is 11.3 Å². The summed E-state index contributed by atoms with van der Waals surface area (Å²) in [5, 5.41) is 6.52. The molecular weight excluding hydrogens is 370 g/mol. The van der Waals surface area contributed by atoms with E-state index < -0.39 is 5.91 Å². The Hall–Kier alpha value is -4.00. The van der Waals surface area contributed by atoms with Crippen LogP contribution in [0.1, 0.15) is 40.3 Å². The fourth-order valence-electron chi connectivity index (χ4n) is 2.61. The summed E-state index contributed by atoms with van der Waals surface area (Å²) in [6.45, 7) is 2.91. The minimum atomic E-state index is -0.417. The molecule has 3 aromatic rings. The van der Waals surface area contributed by atoms with E-state index >= 15 is 0 Å². The lowest BCUT2D eigenvalue weighted by Crippen LogP contribution is -2.18. The Morgan fingerprint density at radius 1 is 0.931 bits per heavy atom. The predicted octanol–water partition coefficient (Wildman–Crippen LogP) is 3.87. The van der Waals surface area contributed by atoms with Crippen LogP contribution in [0.2, 0.25) is 0 Å². The first-order valence-corrected chi connectivity index (χ1v) is 8.84. The number of benzene rings is 2. The molecule has 7 heteroatoms. The molecule has 0 atom stereocenters. The molecule has 2 N–H and O–H groups in total. The van der Waals surface area contributed by atoms with Gasteiger partial charge in [0.25, 0.3) is 5.91 Å². The number of anilines is 1. The molecule has 0 saturated heterocycles. The lowest BCUT2D eigenvalue weighted by Gasteiger charge is -2.04. The summed E-state index contributed by atoms with van der Waals surface area (Å²) in [5.41, 5.74) is 4.76. The number of carbonyl (C=O) groups excluding carboxylic acids is 3. The number of hydrogen-bond acceptors (Lipinski definition) is 5. The number of Topliss-reactive ketones (excluding diaryl/α,β-unsaturated/α-hetero) is 1. The summed E-state index contributed by atoms with van der Waals surface area (Å²) < 4.78 is 5.69. The maximum Gasteiger partial charge on any atom is 0.271 e. The predicted molar refractivity (Wildman–Crippen MR) is 110 cm³/mol. The quantitative estimate of drug-likeness (QED) is 0.380. The van der Waals surface area contributed by atoms with Gasteiger partial charge in [0.2, 0.25) is 5.91 Å². The van der Waals surface area contributed by atoms with Crippen molar-refractivity contribution in [3.63, 3.8) is 0 Å². The molecule has 0 aliphatic heterocycles. The molecule has 29 heavy (non-hydrogen) atoms. The molecule has 1 aromatic heterocycles. The molecule has 0 bridgehead atoms. The standard InChI is InChI=1S/C22H19N3O4/c1-14(26)16-6-8-17(9-7-16)21-11-10-20(29-21)13-23-25-22(28)18-4-3-5-19(12-18)24-15(2)27/h3-13H,1-2H3,(H,24,27)(H,25,28). The topological polar surface area (TPSA) is 101 Å². The summed E-state index contributed by atoms with van der Waals surface area (Å²) in [5.74, 6) is 0.450. The molecule has 0 radical (unpaired) electrons. The second-order valence-corrected chi connectivity index (χ2v) is 6.30. The molecule has 1 heterocycles. The van der Waals surface area contributed by atoms with Crippen LogP contribution in [-0.2, 0) is 4.79 Å². The van der Waals surface area contributed by atoms with Gasteiger partial charge >= 0.3 is 0 Å². The van der Waals surface area contributed by atoms with Crippen molar-refractivity contribution in [2.75, 3.05) is 5.32 Å². The number of amides is 2. The Bertz CT molecular complexity index is 1080. The molecule has 0 spiro atoms. The third kappa shape index (κ3) is 5.26. The van der Waals surface area contributed by atoms with Crippen molar-refractivity contribution in [1.29, 1.82) is 0 Å². The van der Waals surface area contributed by atoms with Crippen molar-refractivity contribution >= 4 is 29.5 Å². The molecule has 3 rings (SSSR count). The highest BCUT2D eigenvalue weighted by Crippen LogP contribution is 2.22. The zero-order valence-corrected chi connectivity index (χ0v) is 15.9. The van der Waals surface area contributed by atoms with Crippen molar-refractivity contribution in [1.82, 2.24) is 5.43 Å². The third-order valence-corrected chi connectivity index (χ3v) is 4.01. The van der Waals surface area contributed by atoms with Crippen LogP contribution in [0.4, 0.5) is 5.69 Å². The van der Waals surface area contributed by atoms with Gasteiger partial charge in [-0.25, -0.2) is 5.43 Å². The van der Waals surface area contributed by atoms with Crippen LogP contribution >= 0.6 is 0 Å². The molecule has 0 saturated carbocycles. The summed E-state index contributed by atoms with van der Waals surface area (Å²) in [7, 11) is 0. The first-order valence-electron chi connectivity index (χ1n) is 8.84. The summed E-state index contributed by atoms with van der Waals surface area (Å²) in [6, 6.07) is 17.1. The summed E-state index contributed by atoms with van der Waals surface area (Å²) in [4.78, 5) is 34.6. The van der Waals surface area contributed by atoms with E-state index in [-0.39, 0.29) is 11.7 Å². The van der Waals surface area contributed by atoms with Crippen molar-refractivity contribution in [2.45, 2.75) is 13.8 Å². The summed E-state index contributed by atoms with van der Waals surface area (Å²) >= 11 is 0. The average Bonchev–Trinajstić information content (AvgIpc) is 3.16. The Balaban J connectivity index is 1.63. The molecule has 2 amide bonds. The maximum atomic E-state index is 12.2. The molecule has 146 valence electrons. The highest BCUT2D eigenvalue weighted by atomic mass is 16.3. The average molecular weight is 389 g/mol. The van der Waals surface area contributed by atoms with Crippen molar-refractivity contribution in [2.24, 2.45) is 5.10 Å². The Kier molecular flexibility index (Phi) is 5.99. The van der Waals surface area contributed by atoms with E-state index in [9.17, 15) is 14.4 Å². The van der Waals surface area contributed by atoms with Gasteiger partial charge in [-0.15, -0.1) is 0 Å². The summed E-state index contributed by atoms with van der Waals surface area (Å²) in [6.07, 6.45) is 1.39. The Morgan fingerprint density at radius 3 is 2.38 bits per heavy atom. The van der Waals surface area contributed by atoms with E-state index in [1.165, 1.54) is 20.1 Å². The number of nitrogens with one attached hydrogen (secondary N) is 2. The SMILES string of the molecule is CC(=O)Nc1cccc(C(=O)NN=Cc2ccc(-c3ccc(C(C)=O)cc3)o2)c1. The highest BCUT2D eigenvalue weighted by molar-refractivity contribution is 5.97. The zero-order valence-electron chi connectivity index (χ0n) is 15.9. The highest BCUT2D eigenvalue weighted by Gasteiger charge is 2.07. The van der Waals surface area contributed by atoms with Crippen molar-refractivity contribution in [3.8, 4) is 11.3 Å². The number of rotatable bonds is 6. The van der Waals surface area contributed by atoms with Crippen LogP contribution in [0.15, 0.2) is 70.2 Å². The van der Waals surface area contributed by atoms with Gasteiger partial charge in [-0.2, -0.15) is 5.10 Å². The molecule has 0 fully saturated rings. The second-order valence-electron chi connectivity index (χ2n) is 6.30. The van der Waals surface area contributed by atoms with Crippen LogP contribution in [0, 0.1) is 0 Å². The van der Waals surface area contributed by atoms with Crippen molar-refractivity contribution < 1.29 is 18.8 Å². The second kappa shape index (κ2) is 8.79. The van der Waals surface area contributed by atoms with E-state index in [4.69, 9.17) is 4.42 Å². The molecular formula is C22H19N3O4. The van der Waals surface area contributed by atoms with Crippen LogP contribution in [0.5, 0.6) is 0 Å². The fraction of sp³-hybridized carbons (Fsp3) is 0.0909. The molecule has 2 aromatic carbocycles. The molecule has 0 aliphatic carbocycles. The van der Waals surface area contributed by atoms with Gasteiger partial charge in [0.05, 0.1) is 6.21 Å². The zero-order chi connectivity index (χ0) is 20.8. The smallest absolute Gasteiger partial charge is 0.271 e. The minimum Gasteiger partial charge on any atom is -0.455 e. The maximum absolute atomic E-state index is 12.2. The molecule has 0 unspecified atom stereocenters. The van der Waals surface area contributed by atoms with Gasteiger partial charge in [-0.3, -0.25) is 14.4 Å². The fourth-order valence-corrected chi connectivity index (χ4v) is 2.61. The Morgan fingerprint density at radius 2 is 1.69 bits per heavy atom.